The van der Waals surface area contributed by atoms with E-state index >= 15 is 0 Å². The molecule has 0 fully saturated rings. The van der Waals surface area contributed by atoms with E-state index in [1.807, 2.05) is 19.1 Å². The van der Waals surface area contributed by atoms with E-state index in [0.29, 0.717) is 5.69 Å². The fourth-order valence-electron chi connectivity index (χ4n) is 1.92. The van der Waals surface area contributed by atoms with Gasteiger partial charge in [-0.1, -0.05) is 12.1 Å². The molecule has 0 radical (unpaired) electrons. The molecule has 0 bridgehead atoms. The van der Waals surface area contributed by atoms with Crippen molar-refractivity contribution in [3.63, 3.8) is 0 Å². The van der Waals surface area contributed by atoms with Gasteiger partial charge in [-0.3, -0.25) is 0 Å². The predicted molar refractivity (Wildman–Crippen MR) is 73.0 cm³/mol. The Labute approximate surface area is 111 Å². The van der Waals surface area contributed by atoms with Gasteiger partial charge in [0.15, 0.2) is 11.6 Å². The Kier molecular flexibility index (Phi) is 3.90. The molecule has 2 rings (SSSR count). The molecule has 2 aromatic carbocycles. The third-order valence-electron chi connectivity index (χ3n) is 2.84. The van der Waals surface area contributed by atoms with Crippen LogP contribution < -0.4 is 5.32 Å². The van der Waals surface area contributed by atoms with Crippen LogP contribution in [0.4, 0.5) is 10.1 Å². The molecule has 4 heteroatoms. The van der Waals surface area contributed by atoms with E-state index in [2.05, 4.69) is 5.32 Å². The highest BCUT2D eigenvalue weighted by molar-refractivity contribution is 5.47. The molecule has 0 heterocycles. The van der Waals surface area contributed by atoms with E-state index in [-0.39, 0.29) is 17.5 Å². The lowest BCUT2D eigenvalue weighted by Gasteiger charge is -2.15. The Hall–Kier alpha value is -2.23. The molecular weight excluding hydrogens is 245 g/mol. The quantitative estimate of drug-likeness (QED) is 0.740. The fraction of sp³-hybridized carbons (Fsp3) is 0.200. The van der Waals surface area contributed by atoms with Crippen molar-refractivity contribution in [2.75, 3.05) is 5.32 Å². The smallest absolute Gasteiger partial charge is 0.166 e. The largest absolute Gasteiger partial charge is 0.508 e. The van der Waals surface area contributed by atoms with Crippen LogP contribution in [0.1, 0.15) is 12.5 Å². The van der Waals surface area contributed by atoms with Crippen LogP contribution in [0.25, 0.3) is 0 Å². The van der Waals surface area contributed by atoms with Gasteiger partial charge in [0.2, 0.25) is 0 Å². The molecule has 0 spiro atoms. The summed E-state index contributed by atoms with van der Waals surface area (Å²) >= 11 is 0. The standard InChI is InChI=1S/C15H16FNO2/c1-10(8-11-2-5-13(18)6-3-11)17-12-4-7-15(19)14(16)9-12/h2-7,9-10,17-19H,8H2,1H3. The van der Waals surface area contributed by atoms with E-state index < -0.39 is 5.82 Å². The number of rotatable bonds is 4. The molecule has 0 saturated carbocycles. The van der Waals surface area contributed by atoms with Crippen molar-refractivity contribution in [3.05, 3.63) is 53.8 Å². The van der Waals surface area contributed by atoms with Gasteiger partial charge >= 0.3 is 0 Å². The molecular formula is C15H16FNO2. The first kappa shape index (κ1) is 13.2. The van der Waals surface area contributed by atoms with Crippen molar-refractivity contribution >= 4 is 5.69 Å². The SMILES string of the molecule is CC(Cc1ccc(O)cc1)Nc1ccc(O)c(F)c1. The third kappa shape index (κ3) is 3.61. The summed E-state index contributed by atoms with van der Waals surface area (Å²) in [5.74, 6) is -0.747. The summed E-state index contributed by atoms with van der Waals surface area (Å²) in [5, 5.41) is 21.5. The maximum atomic E-state index is 13.2. The van der Waals surface area contributed by atoms with E-state index in [1.165, 1.54) is 12.1 Å². The maximum absolute atomic E-state index is 13.2. The fourth-order valence-corrected chi connectivity index (χ4v) is 1.92. The molecule has 0 aromatic heterocycles. The molecule has 1 unspecified atom stereocenters. The van der Waals surface area contributed by atoms with Gasteiger partial charge in [0, 0.05) is 17.8 Å². The average Bonchev–Trinajstić information content (AvgIpc) is 2.37. The molecule has 100 valence electrons. The highest BCUT2D eigenvalue weighted by Gasteiger charge is 2.06. The highest BCUT2D eigenvalue weighted by Crippen LogP contribution is 2.20. The van der Waals surface area contributed by atoms with Gasteiger partial charge in [0.25, 0.3) is 0 Å². The number of halogens is 1. The van der Waals surface area contributed by atoms with Gasteiger partial charge in [-0.15, -0.1) is 0 Å². The average molecular weight is 261 g/mol. The Morgan fingerprint density at radius 3 is 2.42 bits per heavy atom. The third-order valence-corrected chi connectivity index (χ3v) is 2.84. The zero-order chi connectivity index (χ0) is 13.8. The Morgan fingerprint density at radius 1 is 1.11 bits per heavy atom. The Morgan fingerprint density at radius 2 is 1.79 bits per heavy atom. The number of hydrogen-bond donors (Lipinski definition) is 3. The van der Waals surface area contributed by atoms with Gasteiger partial charge in [0.05, 0.1) is 0 Å². The molecule has 3 nitrogen and oxygen atoms in total. The van der Waals surface area contributed by atoms with Gasteiger partial charge in [-0.25, -0.2) is 4.39 Å². The summed E-state index contributed by atoms with van der Waals surface area (Å²) < 4.78 is 13.2. The van der Waals surface area contributed by atoms with Gasteiger partial charge < -0.3 is 15.5 Å². The van der Waals surface area contributed by atoms with E-state index in [1.54, 1.807) is 18.2 Å². The summed E-state index contributed by atoms with van der Waals surface area (Å²) in [7, 11) is 0. The zero-order valence-electron chi connectivity index (χ0n) is 10.6. The molecule has 0 aliphatic carbocycles. The van der Waals surface area contributed by atoms with Crippen LogP contribution in [-0.4, -0.2) is 16.3 Å². The normalized spacial score (nSPS) is 12.1. The second-order valence-corrected chi connectivity index (χ2v) is 4.58. The van der Waals surface area contributed by atoms with Crippen LogP contribution >= 0.6 is 0 Å². The number of hydrogen-bond acceptors (Lipinski definition) is 3. The monoisotopic (exact) mass is 261 g/mol. The van der Waals surface area contributed by atoms with Crippen LogP contribution in [0.15, 0.2) is 42.5 Å². The first-order chi connectivity index (χ1) is 9.04. The lowest BCUT2D eigenvalue weighted by Crippen LogP contribution is -2.18. The van der Waals surface area contributed by atoms with Crippen molar-refractivity contribution < 1.29 is 14.6 Å². The van der Waals surface area contributed by atoms with Crippen LogP contribution in [-0.2, 0) is 6.42 Å². The minimum Gasteiger partial charge on any atom is -0.508 e. The van der Waals surface area contributed by atoms with Crippen molar-refractivity contribution in [2.45, 2.75) is 19.4 Å². The van der Waals surface area contributed by atoms with Gasteiger partial charge in [-0.05, 0) is 43.2 Å². The van der Waals surface area contributed by atoms with Crippen LogP contribution in [0, 0.1) is 5.82 Å². The van der Waals surface area contributed by atoms with Crippen molar-refractivity contribution in [1.82, 2.24) is 0 Å². The van der Waals surface area contributed by atoms with Crippen LogP contribution in [0.5, 0.6) is 11.5 Å². The van der Waals surface area contributed by atoms with E-state index in [4.69, 9.17) is 5.11 Å². The van der Waals surface area contributed by atoms with E-state index in [9.17, 15) is 9.50 Å². The Bertz CT molecular complexity index is 555. The predicted octanol–water partition coefficient (Wildman–Crippen LogP) is 3.28. The molecule has 1 atom stereocenters. The number of nitrogens with one attached hydrogen (secondary N) is 1. The minimum absolute atomic E-state index is 0.105. The first-order valence-corrected chi connectivity index (χ1v) is 6.07. The highest BCUT2D eigenvalue weighted by atomic mass is 19.1. The summed E-state index contributed by atoms with van der Waals surface area (Å²) in [5.41, 5.74) is 1.71. The summed E-state index contributed by atoms with van der Waals surface area (Å²) in [6, 6.07) is 11.3. The summed E-state index contributed by atoms with van der Waals surface area (Å²) in [6.07, 6.45) is 0.753. The second kappa shape index (κ2) is 5.61. The number of aromatic hydroxyl groups is 2. The van der Waals surface area contributed by atoms with Gasteiger partial charge in [0.1, 0.15) is 5.75 Å². The second-order valence-electron chi connectivity index (χ2n) is 4.58. The van der Waals surface area contributed by atoms with Crippen LogP contribution in [0.3, 0.4) is 0 Å². The Balaban J connectivity index is 1.98. The lowest BCUT2D eigenvalue weighted by molar-refractivity contribution is 0.432. The van der Waals surface area contributed by atoms with Crippen molar-refractivity contribution in [2.24, 2.45) is 0 Å². The maximum Gasteiger partial charge on any atom is 0.166 e. The number of benzene rings is 2. The van der Waals surface area contributed by atoms with Crippen molar-refractivity contribution in [1.29, 1.82) is 0 Å². The van der Waals surface area contributed by atoms with Gasteiger partial charge in [-0.2, -0.15) is 0 Å². The molecule has 0 saturated heterocycles. The number of phenols is 2. The first-order valence-electron chi connectivity index (χ1n) is 6.07. The molecule has 2 aromatic rings. The van der Waals surface area contributed by atoms with Crippen LogP contribution in [0.2, 0.25) is 0 Å². The number of phenolic OH excluding ortho intramolecular Hbond substituents is 2. The molecule has 19 heavy (non-hydrogen) atoms. The topological polar surface area (TPSA) is 52.5 Å². The summed E-state index contributed by atoms with van der Waals surface area (Å²) in [6.45, 7) is 1.98. The molecule has 0 aliphatic rings. The lowest BCUT2D eigenvalue weighted by atomic mass is 10.1. The molecule has 0 amide bonds. The zero-order valence-corrected chi connectivity index (χ0v) is 10.6. The summed E-state index contributed by atoms with van der Waals surface area (Å²) in [4.78, 5) is 0. The van der Waals surface area contributed by atoms with E-state index in [0.717, 1.165) is 12.0 Å². The molecule has 3 N–H and O–H groups in total. The minimum atomic E-state index is -0.637. The number of anilines is 1. The molecule has 0 aliphatic heterocycles. The van der Waals surface area contributed by atoms with Crippen molar-refractivity contribution in [3.8, 4) is 11.5 Å².